The van der Waals surface area contributed by atoms with Gasteiger partial charge in [0.25, 0.3) is 0 Å². The van der Waals surface area contributed by atoms with E-state index in [4.69, 9.17) is 4.99 Å². The molecule has 2 atom stereocenters. The van der Waals surface area contributed by atoms with Gasteiger partial charge in [-0.15, -0.1) is 0 Å². The average molecular weight is 316 g/mol. The number of rotatable bonds is 2. The first-order valence-corrected chi connectivity index (χ1v) is 8.65. The van der Waals surface area contributed by atoms with Crippen molar-refractivity contribution < 1.29 is 0 Å². The lowest BCUT2D eigenvalue weighted by molar-refractivity contribution is 0.696. The number of aryl methyl sites for hydroxylation is 1. The maximum Gasteiger partial charge on any atom is 0.148 e. The smallest absolute Gasteiger partial charge is 0.148 e. The highest BCUT2D eigenvalue weighted by atomic mass is 15.3. The van der Waals surface area contributed by atoms with Gasteiger partial charge in [0, 0.05) is 5.69 Å². The van der Waals surface area contributed by atoms with Crippen LogP contribution in [0.5, 0.6) is 0 Å². The lowest BCUT2D eigenvalue weighted by atomic mass is 10.0. The Kier molecular flexibility index (Phi) is 4.95. The normalized spacial score (nSPS) is 21.0. The van der Waals surface area contributed by atoms with Gasteiger partial charge in [0.1, 0.15) is 6.17 Å². The molecule has 1 aliphatic carbocycles. The fourth-order valence-electron chi connectivity index (χ4n) is 3.11. The van der Waals surface area contributed by atoms with Crippen molar-refractivity contribution in [2.45, 2.75) is 33.0 Å². The highest BCUT2D eigenvalue weighted by molar-refractivity contribution is 6.06. The molecule has 0 radical (unpaired) electrons. The van der Waals surface area contributed by atoms with Crippen LogP contribution >= 0.6 is 0 Å². The summed E-state index contributed by atoms with van der Waals surface area (Å²) in [6.07, 6.45) is 8.55. The Labute approximate surface area is 144 Å². The van der Waals surface area contributed by atoms with Gasteiger partial charge in [-0.1, -0.05) is 80.1 Å². The van der Waals surface area contributed by atoms with Crippen LogP contribution in [0, 0.1) is 6.92 Å². The standard InChI is InChI=1S/C20H18N2.C2H6/c1-15-11-13-16(14-12-15)20-21-18-9-5-6-10-19(18)22(20)17-7-3-2-4-8-17;1-2/h2-14,19-20H,1H3;1-2H3. The second-order valence-electron chi connectivity index (χ2n) is 5.77. The number of hydrogen-bond donors (Lipinski definition) is 0. The van der Waals surface area contributed by atoms with Gasteiger partial charge in [-0.2, -0.15) is 0 Å². The lowest BCUT2D eigenvalue weighted by Gasteiger charge is -2.31. The molecular weight excluding hydrogens is 292 g/mol. The summed E-state index contributed by atoms with van der Waals surface area (Å²) in [6.45, 7) is 6.12. The van der Waals surface area contributed by atoms with Crippen molar-refractivity contribution in [2.24, 2.45) is 4.99 Å². The number of benzene rings is 2. The molecule has 1 aliphatic heterocycles. The van der Waals surface area contributed by atoms with Gasteiger partial charge in [0.2, 0.25) is 0 Å². The molecule has 2 aromatic carbocycles. The molecule has 2 aromatic rings. The Bertz CT molecular complexity index is 754. The predicted molar refractivity (Wildman–Crippen MR) is 104 cm³/mol. The van der Waals surface area contributed by atoms with Crippen molar-refractivity contribution in [3.8, 4) is 0 Å². The Morgan fingerprint density at radius 1 is 0.875 bits per heavy atom. The number of fused-ring (bicyclic) bond motifs is 1. The minimum Gasteiger partial charge on any atom is -0.334 e. The summed E-state index contributed by atoms with van der Waals surface area (Å²) in [5, 5.41) is 0. The SMILES string of the molecule is CC.Cc1ccc(C2N=C3C=CC=CC3N2c2ccccc2)cc1. The van der Waals surface area contributed by atoms with Crippen molar-refractivity contribution in [3.63, 3.8) is 0 Å². The molecule has 0 N–H and O–H groups in total. The summed E-state index contributed by atoms with van der Waals surface area (Å²) in [4.78, 5) is 7.36. The van der Waals surface area contributed by atoms with E-state index in [-0.39, 0.29) is 12.2 Å². The van der Waals surface area contributed by atoms with Gasteiger partial charge in [-0.3, -0.25) is 4.99 Å². The molecule has 122 valence electrons. The van der Waals surface area contributed by atoms with Gasteiger partial charge in [-0.05, 0) is 30.7 Å². The van der Waals surface area contributed by atoms with Crippen LogP contribution in [0.25, 0.3) is 0 Å². The van der Waals surface area contributed by atoms with E-state index >= 15 is 0 Å². The largest absolute Gasteiger partial charge is 0.334 e. The second-order valence-corrected chi connectivity index (χ2v) is 5.77. The summed E-state index contributed by atoms with van der Waals surface area (Å²) in [7, 11) is 0. The molecular formula is C22H24N2. The number of nitrogens with zero attached hydrogens (tertiary/aromatic N) is 2. The topological polar surface area (TPSA) is 15.6 Å². The molecule has 0 bridgehead atoms. The summed E-state index contributed by atoms with van der Waals surface area (Å²) in [6, 6.07) is 19.5. The molecule has 0 saturated carbocycles. The third-order valence-corrected chi connectivity index (χ3v) is 4.24. The zero-order valence-electron chi connectivity index (χ0n) is 14.6. The quantitative estimate of drug-likeness (QED) is 0.716. The fourth-order valence-corrected chi connectivity index (χ4v) is 3.11. The molecule has 1 heterocycles. The molecule has 2 nitrogen and oxygen atoms in total. The van der Waals surface area contributed by atoms with Crippen molar-refractivity contribution in [2.75, 3.05) is 4.90 Å². The zero-order valence-corrected chi connectivity index (χ0v) is 14.6. The van der Waals surface area contributed by atoms with Crippen LogP contribution in [0.1, 0.15) is 31.1 Å². The van der Waals surface area contributed by atoms with Gasteiger partial charge in [-0.25, -0.2) is 0 Å². The summed E-state index contributed by atoms with van der Waals surface area (Å²) >= 11 is 0. The lowest BCUT2D eigenvalue weighted by Crippen LogP contribution is -2.35. The van der Waals surface area contributed by atoms with E-state index in [1.807, 2.05) is 13.8 Å². The number of para-hydroxylation sites is 1. The van der Waals surface area contributed by atoms with Crippen LogP contribution in [0.15, 0.2) is 83.9 Å². The number of aliphatic imine (C=N–C) groups is 1. The Hall–Kier alpha value is -2.61. The van der Waals surface area contributed by atoms with Gasteiger partial charge in [0.05, 0.1) is 11.8 Å². The second kappa shape index (κ2) is 7.31. The van der Waals surface area contributed by atoms with Crippen molar-refractivity contribution >= 4 is 11.4 Å². The third kappa shape index (κ3) is 3.05. The van der Waals surface area contributed by atoms with Crippen LogP contribution in [-0.4, -0.2) is 11.8 Å². The molecule has 2 heteroatoms. The monoisotopic (exact) mass is 316 g/mol. The maximum atomic E-state index is 4.97. The molecule has 0 spiro atoms. The minimum atomic E-state index is 0.0374. The summed E-state index contributed by atoms with van der Waals surface area (Å²) in [5.74, 6) is 0. The fraction of sp³-hybridized carbons (Fsp3) is 0.227. The van der Waals surface area contributed by atoms with Crippen LogP contribution in [0.4, 0.5) is 5.69 Å². The maximum absolute atomic E-state index is 4.97. The first kappa shape index (κ1) is 16.3. The molecule has 0 fully saturated rings. The highest BCUT2D eigenvalue weighted by Crippen LogP contribution is 2.37. The molecule has 4 rings (SSSR count). The highest BCUT2D eigenvalue weighted by Gasteiger charge is 2.35. The molecule has 2 unspecified atom stereocenters. The molecule has 0 saturated heterocycles. The van der Waals surface area contributed by atoms with Crippen LogP contribution in [0.3, 0.4) is 0 Å². The third-order valence-electron chi connectivity index (χ3n) is 4.24. The van der Waals surface area contributed by atoms with E-state index in [1.165, 1.54) is 16.8 Å². The first-order chi connectivity index (χ1) is 11.8. The average Bonchev–Trinajstić information content (AvgIpc) is 3.04. The first-order valence-electron chi connectivity index (χ1n) is 8.65. The van der Waals surface area contributed by atoms with Crippen LogP contribution < -0.4 is 4.90 Å². The molecule has 2 aliphatic rings. The molecule has 24 heavy (non-hydrogen) atoms. The number of hydrogen-bond acceptors (Lipinski definition) is 2. The summed E-state index contributed by atoms with van der Waals surface area (Å²) in [5.41, 5.74) is 4.85. The van der Waals surface area contributed by atoms with Crippen molar-refractivity contribution in [3.05, 3.63) is 90.0 Å². The minimum absolute atomic E-state index is 0.0374. The number of allylic oxidation sites excluding steroid dienone is 2. The van der Waals surface area contributed by atoms with Crippen molar-refractivity contribution in [1.29, 1.82) is 0 Å². The van der Waals surface area contributed by atoms with E-state index < -0.39 is 0 Å². The van der Waals surface area contributed by atoms with E-state index in [1.54, 1.807) is 0 Å². The van der Waals surface area contributed by atoms with Crippen molar-refractivity contribution in [1.82, 2.24) is 0 Å². The van der Waals surface area contributed by atoms with Crippen LogP contribution in [-0.2, 0) is 0 Å². The van der Waals surface area contributed by atoms with Gasteiger partial charge >= 0.3 is 0 Å². The van der Waals surface area contributed by atoms with Gasteiger partial charge < -0.3 is 4.90 Å². The number of anilines is 1. The molecule has 0 aromatic heterocycles. The van der Waals surface area contributed by atoms with Crippen LogP contribution in [0.2, 0.25) is 0 Å². The predicted octanol–water partition coefficient (Wildman–Crippen LogP) is 5.48. The Balaban J connectivity index is 0.000000815. The molecule has 0 amide bonds. The Morgan fingerprint density at radius 2 is 1.58 bits per heavy atom. The summed E-state index contributed by atoms with van der Waals surface area (Å²) < 4.78 is 0. The van der Waals surface area contributed by atoms with Gasteiger partial charge in [0.15, 0.2) is 0 Å². The van der Waals surface area contributed by atoms with E-state index in [0.29, 0.717) is 0 Å². The van der Waals surface area contributed by atoms with E-state index in [9.17, 15) is 0 Å². The van der Waals surface area contributed by atoms with E-state index in [0.717, 1.165) is 5.71 Å². The van der Waals surface area contributed by atoms with E-state index in [2.05, 4.69) is 90.7 Å². The zero-order chi connectivity index (χ0) is 16.9. The Morgan fingerprint density at radius 3 is 2.29 bits per heavy atom.